The lowest BCUT2D eigenvalue weighted by molar-refractivity contribution is 0.0902. The first-order chi connectivity index (χ1) is 15.1. The van der Waals surface area contributed by atoms with Crippen molar-refractivity contribution in [2.75, 3.05) is 9.80 Å². The molecule has 0 radical (unpaired) electrons. The lowest BCUT2D eigenvalue weighted by Crippen LogP contribution is -2.36. The van der Waals surface area contributed by atoms with Crippen molar-refractivity contribution in [3.63, 3.8) is 0 Å². The summed E-state index contributed by atoms with van der Waals surface area (Å²) in [4.78, 5) is 62.4. The van der Waals surface area contributed by atoms with Gasteiger partial charge in [-0.15, -0.1) is 0 Å². The van der Waals surface area contributed by atoms with Crippen LogP contribution >= 0.6 is 11.7 Å². The fourth-order valence-corrected chi connectivity index (χ4v) is 4.12. The quantitative estimate of drug-likeness (QED) is 0.444. The zero-order valence-electron chi connectivity index (χ0n) is 15.3. The van der Waals surface area contributed by atoms with Crippen molar-refractivity contribution >= 4 is 58.3 Å². The molecule has 0 aliphatic carbocycles. The van der Waals surface area contributed by atoms with Crippen molar-refractivity contribution in [3.8, 4) is 0 Å². The molecule has 0 bridgehead atoms. The highest BCUT2D eigenvalue weighted by Gasteiger charge is 2.44. The van der Waals surface area contributed by atoms with Gasteiger partial charge in [0.25, 0.3) is 23.6 Å². The summed E-state index contributed by atoms with van der Waals surface area (Å²) >= 11 is 0.831. The van der Waals surface area contributed by atoms with Crippen LogP contribution in [0.5, 0.6) is 0 Å². The van der Waals surface area contributed by atoms with Crippen LogP contribution in [0.25, 0.3) is 11.3 Å². The zero-order chi connectivity index (χ0) is 21.3. The maximum atomic E-state index is 13.0. The van der Waals surface area contributed by atoms with E-state index < -0.39 is 23.6 Å². The number of hydrogen-bond acceptors (Lipinski definition) is 9. The Morgan fingerprint density at radius 1 is 0.548 bits per heavy atom. The zero-order valence-corrected chi connectivity index (χ0v) is 16.2. The predicted molar refractivity (Wildman–Crippen MR) is 108 cm³/mol. The Hall–Kier alpha value is -4.38. The summed E-state index contributed by atoms with van der Waals surface area (Å²) < 4.78 is 8.03. The van der Waals surface area contributed by atoms with E-state index in [1.807, 2.05) is 0 Å². The average Bonchev–Trinajstić information content (AvgIpc) is 3.42. The van der Waals surface area contributed by atoms with Gasteiger partial charge in [-0.25, -0.2) is 19.8 Å². The molecule has 0 N–H and O–H groups in total. The average molecular weight is 428 g/mol. The third-order valence-electron chi connectivity index (χ3n) is 5.09. The lowest BCUT2D eigenvalue weighted by Gasteiger charge is -2.20. The SMILES string of the molecule is O=C1c2ccccc2C(=O)N1c1nc2nsnc2nc1N1C(=O)c2ccccc2C1=O. The molecule has 2 aliphatic heterocycles. The first-order valence-electron chi connectivity index (χ1n) is 9.02. The maximum Gasteiger partial charge on any atom is 0.267 e. The summed E-state index contributed by atoms with van der Waals surface area (Å²) in [6, 6.07) is 12.6. The number of fused-ring (bicyclic) bond motifs is 3. The molecule has 0 unspecified atom stereocenters. The molecule has 0 saturated carbocycles. The second-order valence-electron chi connectivity index (χ2n) is 6.76. The molecule has 10 nitrogen and oxygen atoms in total. The molecule has 4 aromatic rings. The molecule has 148 valence electrons. The van der Waals surface area contributed by atoms with E-state index in [0.717, 1.165) is 21.5 Å². The number of imide groups is 2. The van der Waals surface area contributed by atoms with Gasteiger partial charge in [-0.3, -0.25) is 19.2 Å². The topological polar surface area (TPSA) is 126 Å². The van der Waals surface area contributed by atoms with Crippen LogP contribution in [0.3, 0.4) is 0 Å². The van der Waals surface area contributed by atoms with Crippen molar-refractivity contribution in [2.45, 2.75) is 0 Å². The second kappa shape index (κ2) is 6.06. The fraction of sp³-hybridized carbons (Fsp3) is 0. The van der Waals surface area contributed by atoms with Gasteiger partial charge in [0.05, 0.1) is 34.0 Å². The molecule has 2 aromatic carbocycles. The van der Waals surface area contributed by atoms with Gasteiger partial charge < -0.3 is 0 Å². The number of benzene rings is 2. The summed E-state index contributed by atoms with van der Waals surface area (Å²) in [5, 5.41) is 0. The molecule has 4 amide bonds. The Balaban J connectivity index is 1.58. The molecule has 2 aliphatic rings. The Morgan fingerprint density at radius 3 is 1.19 bits per heavy atom. The standard InChI is InChI=1S/C20H8N6O4S/c27-17-9-5-1-2-6-10(9)18(28)25(17)15-16(22-14-13(21-15)23-31-24-14)26-19(29)11-7-3-4-8-12(11)20(26)30/h1-8H. The lowest BCUT2D eigenvalue weighted by atomic mass is 10.1. The van der Waals surface area contributed by atoms with Crippen LogP contribution in [0.1, 0.15) is 41.4 Å². The van der Waals surface area contributed by atoms with Crippen LogP contribution < -0.4 is 9.80 Å². The molecule has 2 aromatic heterocycles. The number of carbonyl (C=O) groups excluding carboxylic acids is 4. The number of amides is 4. The van der Waals surface area contributed by atoms with E-state index in [-0.39, 0.29) is 45.2 Å². The number of anilines is 2. The molecule has 0 atom stereocenters. The van der Waals surface area contributed by atoms with Crippen LogP contribution in [-0.2, 0) is 0 Å². The Labute approximate surface area is 177 Å². The van der Waals surface area contributed by atoms with Gasteiger partial charge in [-0.1, -0.05) is 24.3 Å². The first kappa shape index (κ1) is 17.5. The number of rotatable bonds is 2. The monoisotopic (exact) mass is 428 g/mol. The summed E-state index contributed by atoms with van der Waals surface area (Å²) in [6.07, 6.45) is 0. The van der Waals surface area contributed by atoms with E-state index in [9.17, 15) is 19.2 Å². The van der Waals surface area contributed by atoms with Gasteiger partial charge in [-0.2, -0.15) is 8.75 Å². The van der Waals surface area contributed by atoms with E-state index in [0.29, 0.717) is 0 Å². The molecule has 4 heterocycles. The number of nitrogens with zero attached hydrogens (tertiary/aromatic N) is 6. The normalized spacial score (nSPS) is 15.2. The van der Waals surface area contributed by atoms with E-state index >= 15 is 0 Å². The third kappa shape index (κ3) is 2.25. The summed E-state index contributed by atoms with van der Waals surface area (Å²) in [5.41, 5.74) is 0.963. The highest BCUT2D eigenvalue weighted by atomic mass is 32.1. The van der Waals surface area contributed by atoms with Gasteiger partial charge in [0, 0.05) is 0 Å². The second-order valence-corrected chi connectivity index (χ2v) is 7.29. The van der Waals surface area contributed by atoms with Crippen LogP contribution in [0.4, 0.5) is 11.6 Å². The van der Waals surface area contributed by atoms with Crippen molar-refractivity contribution in [1.29, 1.82) is 0 Å². The number of carbonyl (C=O) groups is 4. The Morgan fingerprint density at radius 2 is 0.871 bits per heavy atom. The molecule has 6 rings (SSSR count). The van der Waals surface area contributed by atoms with Crippen molar-refractivity contribution in [2.24, 2.45) is 0 Å². The Kier molecular flexibility index (Phi) is 3.42. The highest BCUT2D eigenvalue weighted by Crippen LogP contribution is 2.37. The highest BCUT2D eigenvalue weighted by molar-refractivity contribution is 7.00. The van der Waals surface area contributed by atoms with E-state index in [1.165, 1.54) is 24.3 Å². The molecule has 31 heavy (non-hydrogen) atoms. The molecule has 0 saturated heterocycles. The van der Waals surface area contributed by atoms with Crippen LogP contribution in [0, 0.1) is 0 Å². The number of hydrogen-bond donors (Lipinski definition) is 0. The minimum Gasteiger partial charge on any atom is -0.268 e. The smallest absolute Gasteiger partial charge is 0.267 e. The third-order valence-corrected chi connectivity index (χ3v) is 5.60. The summed E-state index contributed by atoms with van der Waals surface area (Å²) in [6.45, 7) is 0. The number of aromatic nitrogens is 4. The van der Waals surface area contributed by atoms with Crippen molar-refractivity contribution < 1.29 is 19.2 Å². The molecular weight excluding hydrogens is 420 g/mol. The van der Waals surface area contributed by atoms with E-state index in [1.54, 1.807) is 24.3 Å². The molecule has 0 fully saturated rings. The van der Waals surface area contributed by atoms with Crippen LogP contribution in [0.15, 0.2) is 48.5 Å². The van der Waals surface area contributed by atoms with Gasteiger partial charge >= 0.3 is 0 Å². The van der Waals surface area contributed by atoms with Gasteiger partial charge in [0.2, 0.25) is 11.3 Å². The van der Waals surface area contributed by atoms with Crippen molar-refractivity contribution in [3.05, 3.63) is 70.8 Å². The van der Waals surface area contributed by atoms with Gasteiger partial charge in [0.15, 0.2) is 11.6 Å². The largest absolute Gasteiger partial charge is 0.268 e. The molecule has 11 heteroatoms. The summed E-state index contributed by atoms with van der Waals surface area (Å²) in [7, 11) is 0. The minimum absolute atomic E-state index is 0.0944. The van der Waals surface area contributed by atoms with Crippen molar-refractivity contribution in [1.82, 2.24) is 18.7 Å². The van der Waals surface area contributed by atoms with E-state index in [4.69, 9.17) is 0 Å². The minimum atomic E-state index is -0.629. The fourth-order valence-electron chi connectivity index (χ4n) is 3.68. The maximum absolute atomic E-state index is 13.0. The van der Waals surface area contributed by atoms with Crippen LogP contribution in [-0.4, -0.2) is 42.3 Å². The molecule has 0 spiro atoms. The molecular formula is C20H8N6O4S. The van der Waals surface area contributed by atoms with Crippen LogP contribution in [0.2, 0.25) is 0 Å². The van der Waals surface area contributed by atoms with E-state index in [2.05, 4.69) is 18.7 Å². The Bertz CT molecular complexity index is 1320. The summed E-state index contributed by atoms with van der Waals surface area (Å²) in [5.74, 6) is -3.02. The van der Waals surface area contributed by atoms with Gasteiger partial charge in [0.1, 0.15) is 0 Å². The van der Waals surface area contributed by atoms with Gasteiger partial charge in [-0.05, 0) is 24.3 Å². The first-order valence-corrected chi connectivity index (χ1v) is 9.75. The predicted octanol–water partition coefficient (Wildman–Crippen LogP) is 2.08.